The molecular formula is C28H33FN2O4. The van der Waals surface area contributed by atoms with Gasteiger partial charge in [-0.3, -0.25) is 9.59 Å². The van der Waals surface area contributed by atoms with Gasteiger partial charge in [-0.2, -0.15) is 0 Å². The van der Waals surface area contributed by atoms with Gasteiger partial charge >= 0.3 is 5.97 Å². The first-order valence-electron chi connectivity index (χ1n) is 12.1. The largest absolute Gasteiger partial charge is 0.490 e. The Kier molecular flexibility index (Phi) is 6.62. The number of carbonyl (C=O) groups excluding carboxylic acids is 1. The van der Waals surface area contributed by atoms with Crippen LogP contribution in [0.25, 0.3) is 22.4 Å². The van der Waals surface area contributed by atoms with Gasteiger partial charge in [-0.05, 0) is 79.0 Å². The van der Waals surface area contributed by atoms with Crippen molar-refractivity contribution in [2.75, 3.05) is 13.2 Å². The fourth-order valence-corrected chi connectivity index (χ4v) is 4.83. The number of rotatable bonds is 6. The van der Waals surface area contributed by atoms with Crippen LogP contribution in [0.3, 0.4) is 0 Å². The van der Waals surface area contributed by atoms with Gasteiger partial charge in [0, 0.05) is 34.6 Å². The van der Waals surface area contributed by atoms with Crippen molar-refractivity contribution >= 4 is 11.9 Å². The summed E-state index contributed by atoms with van der Waals surface area (Å²) in [7, 11) is 0. The molecule has 0 fully saturated rings. The third-order valence-electron chi connectivity index (χ3n) is 6.69. The smallest absolute Gasteiger partial charge is 0.307 e. The number of benzene rings is 1. The highest BCUT2D eigenvalue weighted by Gasteiger charge is 2.27. The molecule has 0 bridgehead atoms. The van der Waals surface area contributed by atoms with Crippen LogP contribution in [-0.2, 0) is 17.6 Å². The minimum Gasteiger partial charge on any atom is -0.490 e. The lowest BCUT2D eigenvalue weighted by Gasteiger charge is -2.24. The zero-order valence-electron chi connectivity index (χ0n) is 21.0. The number of H-pyrrole nitrogens is 1. The van der Waals surface area contributed by atoms with Crippen molar-refractivity contribution in [3.8, 4) is 28.1 Å². The molecule has 7 heteroatoms. The van der Waals surface area contributed by atoms with Crippen LogP contribution in [0, 0.1) is 25.1 Å². The molecule has 0 saturated heterocycles. The maximum atomic E-state index is 15.1. The fourth-order valence-electron chi connectivity index (χ4n) is 4.83. The summed E-state index contributed by atoms with van der Waals surface area (Å²) in [6.07, 6.45) is 2.11. The van der Waals surface area contributed by atoms with E-state index in [2.05, 4.69) is 31.1 Å². The number of nitrogens with one attached hydrogen (secondary N) is 2. The van der Waals surface area contributed by atoms with E-state index in [9.17, 15) is 14.7 Å². The molecule has 1 aliphatic carbocycles. The average Bonchev–Trinajstić information content (AvgIpc) is 3.19. The molecule has 0 radical (unpaired) electrons. The van der Waals surface area contributed by atoms with E-state index in [1.165, 1.54) is 6.07 Å². The monoisotopic (exact) mass is 480 g/mol. The first kappa shape index (κ1) is 24.8. The molecular weight excluding hydrogens is 447 g/mol. The Morgan fingerprint density at radius 2 is 1.91 bits per heavy atom. The van der Waals surface area contributed by atoms with E-state index < -0.39 is 11.8 Å². The number of aliphatic carboxylic acids is 1. The summed E-state index contributed by atoms with van der Waals surface area (Å²) in [5.41, 5.74) is 6.22. The number of fused-ring (bicyclic) bond motifs is 2. The van der Waals surface area contributed by atoms with E-state index >= 15 is 4.39 Å². The lowest BCUT2D eigenvalue weighted by Crippen LogP contribution is -2.26. The number of aromatic amines is 1. The summed E-state index contributed by atoms with van der Waals surface area (Å²) in [6, 6.07) is 4.98. The van der Waals surface area contributed by atoms with Gasteiger partial charge in [-0.15, -0.1) is 0 Å². The normalized spacial score (nSPS) is 13.4. The number of carboxylic acids is 1. The summed E-state index contributed by atoms with van der Waals surface area (Å²) >= 11 is 0. The predicted octanol–water partition coefficient (Wildman–Crippen LogP) is 5.66. The maximum Gasteiger partial charge on any atom is 0.307 e. The zero-order valence-corrected chi connectivity index (χ0v) is 21.0. The standard InChI is InChI=1S/C28H33FN2O4/c1-15-18-7-6-10-35-26(18)22(29)13-19(15)25-20(14-24(32)33)16(2)31-23-12-17(11-21(23)25)27(34)30-9-8-28(3,4)5/h11-13,31H,6-10,14H2,1-5H3,(H,30,34)(H,32,33). The van der Waals surface area contributed by atoms with E-state index in [1.54, 1.807) is 12.1 Å². The van der Waals surface area contributed by atoms with Crippen molar-refractivity contribution in [2.45, 2.75) is 60.3 Å². The highest BCUT2D eigenvalue weighted by molar-refractivity contribution is 6.01. The van der Waals surface area contributed by atoms with Gasteiger partial charge in [0.05, 0.1) is 13.0 Å². The van der Waals surface area contributed by atoms with Crippen LogP contribution < -0.4 is 10.1 Å². The molecule has 3 N–H and O–H groups in total. The number of carboxylic acid groups (broad SMARTS) is 1. The highest BCUT2D eigenvalue weighted by Crippen LogP contribution is 2.44. The SMILES string of the molecule is Cc1[nH]c2cc(C(=O)NCCC(C)(C)C)cc-2c(-c2cc(F)c3c(c2C)CCCO3)c1CC(=O)O. The molecule has 6 nitrogen and oxygen atoms in total. The first-order valence-corrected chi connectivity index (χ1v) is 12.1. The predicted molar refractivity (Wildman–Crippen MR) is 134 cm³/mol. The molecule has 3 aliphatic rings. The van der Waals surface area contributed by atoms with Crippen molar-refractivity contribution < 1.29 is 23.8 Å². The summed E-state index contributed by atoms with van der Waals surface area (Å²) in [4.78, 5) is 27.9. The second-order valence-corrected chi connectivity index (χ2v) is 10.6. The molecule has 186 valence electrons. The number of aryl methyl sites for hydroxylation is 1. The van der Waals surface area contributed by atoms with Gasteiger partial charge in [0.25, 0.3) is 5.91 Å². The molecule has 0 spiro atoms. The summed E-state index contributed by atoms with van der Waals surface area (Å²) in [5.74, 6) is -1.33. The fraction of sp³-hybridized carbons (Fsp3) is 0.429. The van der Waals surface area contributed by atoms with Gasteiger partial charge in [0.15, 0.2) is 11.6 Å². The van der Waals surface area contributed by atoms with E-state index in [1.807, 2.05) is 13.8 Å². The molecule has 0 aromatic heterocycles. The Balaban J connectivity index is 1.86. The third-order valence-corrected chi connectivity index (χ3v) is 6.69. The number of carbonyl (C=O) groups is 2. The van der Waals surface area contributed by atoms with E-state index in [0.29, 0.717) is 58.8 Å². The van der Waals surface area contributed by atoms with Gasteiger partial charge < -0.3 is 20.1 Å². The van der Waals surface area contributed by atoms with Crippen LogP contribution in [0.2, 0.25) is 0 Å². The van der Waals surface area contributed by atoms with Crippen LogP contribution >= 0.6 is 0 Å². The van der Waals surface area contributed by atoms with E-state index in [4.69, 9.17) is 4.74 Å². The van der Waals surface area contributed by atoms with Gasteiger partial charge in [-0.25, -0.2) is 4.39 Å². The Morgan fingerprint density at radius 3 is 2.60 bits per heavy atom. The topological polar surface area (TPSA) is 91.4 Å². The lowest BCUT2D eigenvalue weighted by molar-refractivity contribution is -0.136. The molecule has 2 heterocycles. The zero-order chi connectivity index (χ0) is 25.5. The Bertz CT molecular complexity index is 1270. The summed E-state index contributed by atoms with van der Waals surface area (Å²) in [5, 5.41) is 12.6. The number of aromatic nitrogens is 1. The van der Waals surface area contributed by atoms with Crippen molar-refractivity contribution in [1.82, 2.24) is 10.3 Å². The van der Waals surface area contributed by atoms with Crippen LogP contribution in [0.15, 0.2) is 18.2 Å². The summed E-state index contributed by atoms with van der Waals surface area (Å²) in [6.45, 7) is 11.1. The molecule has 1 aromatic carbocycles. The second kappa shape index (κ2) is 9.36. The summed E-state index contributed by atoms with van der Waals surface area (Å²) < 4.78 is 20.7. The minimum atomic E-state index is -0.978. The molecule has 1 amide bonds. The van der Waals surface area contributed by atoms with Gasteiger partial charge in [0.2, 0.25) is 0 Å². The number of amides is 1. The average molecular weight is 481 g/mol. The second-order valence-electron chi connectivity index (χ2n) is 10.6. The Hall–Kier alpha value is -3.35. The van der Waals surface area contributed by atoms with Gasteiger partial charge in [0.1, 0.15) is 0 Å². The molecule has 0 atom stereocenters. The van der Waals surface area contributed by atoms with Gasteiger partial charge in [-0.1, -0.05) is 20.8 Å². The van der Waals surface area contributed by atoms with Crippen molar-refractivity contribution in [3.63, 3.8) is 0 Å². The Labute approximate surface area is 205 Å². The first-order chi connectivity index (χ1) is 16.5. The van der Waals surface area contributed by atoms with Crippen LogP contribution in [0.1, 0.15) is 66.4 Å². The van der Waals surface area contributed by atoms with E-state index in [-0.39, 0.29) is 23.5 Å². The number of pyridine rings is 1. The molecule has 0 saturated carbocycles. The number of hydrogen-bond acceptors (Lipinski definition) is 3. The number of ether oxygens (including phenoxy) is 1. The minimum absolute atomic E-state index is 0.103. The van der Waals surface area contributed by atoms with Crippen LogP contribution in [-0.4, -0.2) is 35.1 Å². The highest BCUT2D eigenvalue weighted by atomic mass is 19.1. The third kappa shape index (κ3) is 5.04. The van der Waals surface area contributed by atoms with Crippen molar-refractivity contribution in [3.05, 3.63) is 52.0 Å². The molecule has 1 aromatic rings. The van der Waals surface area contributed by atoms with E-state index in [0.717, 1.165) is 24.0 Å². The van der Waals surface area contributed by atoms with Crippen molar-refractivity contribution in [1.29, 1.82) is 0 Å². The van der Waals surface area contributed by atoms with Crippen molar-refractivity contribution in [2.24, 2.45) is 5.41 Å². The van der Waals surface area contributed by atoms with Crippen LogP contribution in [0.4, 0.5) is 4.39 Å². The molecule has 4 rings (SSSR count). The number of hydrogen-bond donors (Lipinski definition) is 3. The molecule has 2 aliphatic heterocycles. The maximum absolute atomic E-state index is 15.1. The van der Waals surface area contributed by atoms with Crippen LogP contribution in [0.5, 0.6) is 5.75 Å². The lowest BCUT2D eigenvalue weighted by atomic mass is 9.86. The molecule has 35 heavy (non-hydrogen) atoms. The molecule has 0 unspecified atom stereocenters. The number of halogens is 1. The quantitative estimate of drug-likeness (QED) is 0.425. The Morgan fingerprint density at radius 1 is 1.17 bits per heavy atom.